The molecule has 0 radical (unpaired) electrons. The highest BCUT2D eigenvalue weighted by atomic mass is 35.5. The van der Waals surface area contributed by atoms with E-state index in [1.54, 1.807) is 24.5 Å². The summed E-state index contributed by atoms with van der Waals surface area (Å²) in [5.74, 6) is 1.10. The third-order valence-corrected chi connectivity index (χ3v) is 3.96. The zero-order valence-electron chi connectivity index (χ0n) is 12.7. The molecule has 0 amide bonds. The van der Waals surface area contributed by atoms with Crippen LogP contribution >= 0.6 is 11.6 Å². The van der Waals surface area contributed by atoms with Crippen LogP contribution in [0.1, 0.15) is 24.8 Å². The van der Waals surface area contributed by atoms with Gasteiger partial charge in [-0.25, -0.2) is 4.98 Å². The highest BCUT2D eigenvalue weighted by Gasteiger charge is 2.16. The summed E-state index contributed by atoms with van der Waals surface area (Å²) in [6, 6.07) is 13.5. The van der Waals surface area contributed by atoms with Crippen LogP contribution in [0.3, 0.4) is 0 Å². The van der Waals surface area contributed by atoms with Crippen LogP contribution in [0.25, 0.3) is 5.70 Å². The first-order valence-corrected chi connectivity index (χ1v) is 7.98. The average molecular weight is 328 g/mol. The minimum Gasteiger partial charge on any atom is -0.453 e. The summed E-state index contributed by atoms with van der Waals surface area (Å²) in [5.41, 5.74) is 7.72. The number of nitrogens with two attached hydrogens (primary N) is 1. The third kappa shape index (κ3) is 4.11. The summed E-state index contributed by atoms with van der Waals surface area (Å²) in [4.78, 5) is 8.51. The van der Waals surface area contributed by atoms with E-state index in [1.165, 1.54) is 6.42 Å². The van der Waals surface area contributed by atoms with E-state index in [9.17, 15) is 0 Å². The number of halogens is 1. The van der Waals surface area contributed by atoms with E-state index in [4.69, 9.17) is 22.1 Å². The summed E-state index contributed by atoms with van der Waals surface area (Å²) >= 11 is 5.91. The van der Waals surface area contributed by atoms with Crippen LogP contribution < -0.4 is 10.5 Å². The van der Waals surface area contributed by atoms with Gasteiger partial charge in [0.05, 0.1) is 18.0 Å². The first kappa shape index (κ1) is 15.6. The second kappa shape index (κ2) is 7.29. The Bertz CT molecular complexity index is 724. The Morgan fingerprint density at radius 3 is 2.70 bits per heavy atom. The lowest BCUT2D eigenvalue weighted by atomic mass is 9.94. The van der Waals surface area contributed by atoms with Gasteiger partial charge in [-0.3, -0.25) is 4.99 Å². The molecule has 5 heteroatoms. The normalized spacial score (nSPS) is 16.0. The van der Waals surface area contributed by atoms with Crippen molar-refractivity contribution in [3.8, 4) is 5.75 Å². The van der Waals surface area contributed by atoms with Crippen molar-refractivity contribution in [1.29, 1.82) is 0 Å². The lowest BCUT2D eigenvalue weighted by Gasteiger charge is -2.21. The molecule has 0 atom stereocenters. The topological polar surface area (TPSA) is 60.5 Å². The van der Waals surface area contributed by atoms with Gasteiger partial charge in [0.1, 0.15) is 10.9 Å². The quantitative estimate of drug-likeness (QED) is 0.511. The molecule has 1 aliphatic carbocycles. The fourth-order valence-electron chi connectivity index (χ4n) is 2.19. The SMILES string of the molecule is NC(=C(C=NC1CCC1)Oc1ccnc(Cl)c1)c1ccccc1. The van der Waals surface area contributed by atoms with Crippen molar-refractivity contribution < 1.29 is 4.74 Å². The third-order valence-electron chi connectivity index (χ3n) is 3.75. The molecule has 0 bridgehead atoms. The second-order valence-corrected chi connectivity index (χ2v) is 5.81. The molecule has 1 fully saturated rings. The van der Waals surface area contributed by atoms with Crippen LogP contribution in [0.5, 0.6) is 5.75 Å². The number of ether oxygens (including phenoxy) is 1. The number of hydrogen-bond acceptors (Lipinski definition) is 4. The minimum absolute atomic E-state index is 0.371. The molecule has 1 aromatic heterocycles. The number of allylic oxidation sites excluding steroid dienone is 1. The molecule has 1 aliphatic rings. The van der Waals surface area contributed by atoms with Gasteiger partial charge in [0.25, 0.3) is 0 Å². The van der Waals surface area contributed by atoms with E-state index in [-0.39, 0.29) is 0 Å². The molecule has 0 aliphatic heterocycles. The Morgan fingerprint density at radius 1 is 1.26 bits per heavy atom. The molecule has 0 spiro atoms. The monoisotopic (exact) mass is 327 g/mol. The Balaban J connectivity index is 1.90. The molecule has 1 heterocycles. The van der Waals surface area contributed by atoms with Gasteiger partial charge < -0.3 is 10.5 Å². The molecular weight excluding hydrogens is 310 g/mol. The minimum atomic E-state index is 0.371. The number of aliphatic imine (C=N–C) groups is 1. The number of nitrogens with zero attached hydrogens (tertiary/aromatic N) is 2. The average Bonchev–Trinajstić information content (AvgIpc) is 2.52. The Hall–Kier alpha value is -2.33. The molecular formula is C18H18ClN3O. The second-order valence-electron chi connectivity index (χ2n) is 5.42. The Labute approximate surface area is 140 Å². The number of benzene rings is 1. The van der Waals surface area contributed by atoms with Crippen LogP contribution in [-0.2, 0) is 0 Å². The Kier molecular flexibility index (Phi) is 4.93. The number of pyridine rings is 1. The van der Waals surface area contributed by atoms with Crippen molar-refractivity contribution in [2.24, 2.45) is 10.7 Å². The Morgan fingerprint density at radius 2 is 2.04 bits per heavy atom. The molecule has 1 saturated carbocycles. The van der Waals surface area contributed by atoms with Crippen LogP contribution in [-0.4, -0.2) is 17.2 Å². The van der Waals surface area contributed by atoms with E-state index >= 15 is 0 Å². The molecule has 0 unspecified atom stereocenters. The standard InChI is InChI=1S/C18H18ClN3O/c19-17-11-15(9-10-21-17)23-16(12-22-14-7-4-8-14)18(20)13-5-2-1-3-6-13/h1-3,5-6,9-12,14H,4,7-8,20H2. The van der Waals surface area contributed by atoms with Crippen LogP contribution in [0, 0.1) is 0 Å². The largest absolute Gasteiger partial charge is 0.453 e. The van der Waals surface area contributed by atoms with Crippen molar-refractivity contribution in [2.45, 2.75) is 25.3 Å². The van der Waals surface area contributed by atoms with Gasteiger partial charge in [-0.2, -0.15) is 0 Å². The van der Waals surface area contributed by atoms with Gasteiger partial charge in [-0.1, -0.05) is 41.9 Å². The van der Waals surface area contributed by atoms with E-state index in [1.807, 2.05) is 30.3 Å². The van der Waals surface area contributed by atoms with Crippen molar-refractivity contribution in [3.05, 3.63) is 65.1 Å². The van der Waals surface area contributed by atoms with Crippen molar-refractivity contribution >= 4 is 23.5 Å². The van der Waals surface area contributed by atoms with Gasteiger partial charge in [0, 0.05) is 17.8 Å². The molecule has 3 rings (SSSR count). The van der Waals surface area contributed by atoms with Crippen molar-refractivity contribution in [1.82, 2.24) is 4.98 Å². The van der Waals surface area contributed by atoms with E-state index in [2.05, 4.69) is 9.98 Å². The van der Waals surface area contributed by atoms with E-state index < -0.39 is 0 Å². The first-order valence-electron chi connectivity index (χ1n) is 7.60. The lowest BCUT2D eigenvalue weighted by Crippen LogP contribution is -2.16. The van der Waals surface area contributed by atoms with E-state index in [0.717, 1.165) is 18.4 Å². The lowest BCUT2D eigenvalue weighted by molar-refractivity contribution is 0.417. The van der Waals surface area contributed by atoms with Crippen LogP contribution in [0.4, 0.5) is 0 Å². The zero-order valence-corrected chi connectivity index (χ0v) is 13.4. The fourth-order valence-corrected chi connectivity index (χ4v) is 2.36. The molecule has 2 aromatic rings. The summed E-state index contributed by atoms with van der Waals surface area (Å²) in [5, 5.41) is 0.371. The summed E-state index contributed by atoms with van der Waals surface area (Å²) in [6.45, 7) is 0. The van der Waals surface area contributed by atoms with Gasteiger partial charge in [-0.05, 0) is 25.3 Å². The summed E-state index contributed by atoms with van der Waals surface area (Å²) in [7, 11) is 0. The smallest absolute Gasteiger partial charge is 0.168 e. The maximum atomic E-state index is 6.29. The number of hydrogen-bond donors (Lipinski definition) is 1. The van der Waals surface area contributed by atoms with Crippen molar-refractivity contribution in [3.63, 3.8) is 0 Å². The van der Waals surface area contributed by atoms with Crippen LogP contribution in [0.2, 0.25) is 5.15 Å². The van der Waals surface area contributed by atoms with Gasteiger partial charge >= 0.3 is 0 Å². The number of aromatic nitrogens is 1. The molecule has 1 aromatic carbocycles. The van der Waals surface area contributed by atoms with Crippen LogP contribution in [0.15, 0.2) is 59.4 Å². The van der Waals surface area contributed by atoms with Gasteiger partial charge in [0.15, 0.2) is 5.76 Å². The number of rotatable bonds is 5. The van der Waals surface area contributed by atoms with E-state index in [0.29, 0.717) is 28.4 Å². The fraction of sp³-hybridized carbons (Fsp3) is 0.222. The summed E-state index contributed by atoms with van der Waals surface area (Å²) < 4.78 is 5.91. The first-order chi connectivity index (χ1) is 11.2. The maximum Gasteiger partial charge on any atom is 0.168 e. The molecule has 23 heavy (non-hydrogen) atoms. The van der Waals surface area contributed by atoms with Crippen molar-refractivity contribution in [2.75, 3.05) is 0 Å². The maximum absolute atomic E-state index is 6.29. The molecule has 4 nitrogen and oxygen atoms in total. The van der Waals surface area contributed by atoms with Gasteiger partial charge in [-0.15, -0.1) is 0 Å². The predicted molar refractivity (Wildman–Crippen MR) is 93.6 cm³/mol. The summed E-state index contributed by atoms with van der Waals surface area (Å²) in [6.07, 6.45) is 6.79. The zero-order chi connectivity index (χ0) is 16.1. The van der Waals surface area contributed by atoms with Gasteiger partial charge in [0.2, 0.25) is 0 Å². The molecule has 2 N–H and O–H groups in total. The molecule has 118 valence electrons. The molecule has 0 saturated heterocycles. The predicted octanol–water partition coefficient (Wildman–Crippen LogP) is 4.06. The highest BCUT2D eigenvalue weighted by molar-refractivity contribution is 6.29. The highest BCUT2D eigenvalue weighted by Crippen LogP contribution is 2.23.